The highest BCUT2D eigenvalue weighted by atomic mass is 16.2. The molecule has 1 aliphatic rings. The van der Waals surface area contributed by atoms with Gasteiger partial charge in [-0.3, -0.25) is 14.2 Å². The fraction of sp³-hybridized carbons (Fsp3) is 0.400. The summed E-state index contributed by atoms with van der Waals surface area (Å²) in [4.78, 5) is 28.7. The molecule has 1 aliphatic carbocycles. The molecule has 0 atom stereocenters. The summed E-state index contributed by atoms with van der Waals surface area (Å²) in [5.41, 5.74) is 2.24. The highest BCUT2D eigenvalue weighted by Gasteiger charge is 2.30. The molecular weight excluding hydrogens is 326 g/mol. The predicted molar refractivity (Wildman–Crippen MR) is 98.7 cm³/mol. The number of amides is 1. The van der Waals surface area contributed by atoms with Crippen LogP contribution in [0.4, 0.5) is 0 Å². The average molecular weight is 349 g/mol. The lowest BCUT2D eigenvalue weighted by Gasteiger charge is -2.34. The van der Waals surface area contributed by atoms with Crippen LogP contribution < -0.4 is 0 Å². The van der Waals surface area contributed by atoms with Crippen LogP contribution in [0.1, 0.15) is 54.0 Å². The van der Waals surface area contributed by atoms with Crippen molar-refractivity contribution in [2.24, 2.45) is 0 Å². The minimum Gasteiger partial charge on any atom is -0.328 e. The van der Waals surface area contributed by atoms with Crippen molar-refractivity contribution >= 4 is 11.7 Å². The van der Waals surface area contributed by atoms with E-state index in [1.807, 2.05) is 42.3 Å². The molecule has 0 radical (unpaired) electrons. The smallest absolute Gasteiger partial charge is 0.273 e. The number of aromatic nitrogens is 4. The molecule has 1 saturated carbocycles. The van der Waals surface area contributed by atoms with Gasteiger partial charge in [0.1, 0.15) is 5.69 Å². The average Bonchev–Trinajstić information content (AvgIpc) is 3.03. The number of rotatable bonds is 4. The van der Waals surface area contributed by atoms with Gasteiger partial charge in [0.15, 0.2) is 0 Å². The molecule has 1 fully saturated rings. The first-order valence-corrected chi connectivity index (χ1v) is 9.24. The Morgan fingerprint density at radius 2 is 1.96 bits per heavy atom. The molecular formula is C20H23N5O. The zero-order valence-corrected chi connectivity index (χ0v) is 15.0. The zero-order valence-electron chi connectivity index (χ0n) is 15.0. The largest absolute Gasteiger partial charge is 0.328 e. The SMILES string of the molecule is Cc1nc2ncccn2c1C(=O)N(Cc1ccccn1)C1CCCCC1. The third-order valence-corrected chi connectivity index (χ3v) is 5.12. The van der Waals surface area contributed by atoms with Crippen molar-refractivity contribution in [3.05, 3.63) is 59.9 Å². The fourth-order valence-electron chi connectivity index (χ4n) is 3.82. The van der Waals surface area contributed by atoms with Gasteiger partial charge in [-0.1, -0.05) is 25.3 Å². The van der Waals surface area contributed by atoms with Crippen LogP contribution in [0.3, 0.4) is 0 Å². The number of nitrogens with zero attached hydrogens (tertiary/aromatic N) is 5. The molecule has 3 aromatic rings. The number of pyridine rings is 1. The summed E-state index contributed by atoms with van der Waals surface area (Å²) in [5, 5.41) is 0. The maximum absolute atomic E-state index is 13.6. The van der Waals surface area contributed by atoms with Crippen molar-refractivity contribution in [2.45, 2.75) is 51.6 Å². The minimum atomic E-state index is 0.0144. The van der Waals surface area contributed by atoms with E-state index in [9.17, 15) is 4.79 Å². The second kappa shape index (κ2) is 7.23. The van der Waals surface area contributed by atoms with E-state index in [1.54, 1.807) is 16.8 Å². The monoisotopic (exact) mass is 349 g/mol. The number of hydrogen-bond donors (Lipinski definition) is 0. The van der Waals surface area contributed by atoms with E-state index in [4.69, 9.17) is 0 Å². The molecule has 0 saturated heterocycles. The van der Waals surface area contributed by atoms with Crippen molar-refractivity contribution in [2.75, 3.05) is 0 Å². The van der Waals surface area contributed by atoms with Gasteiger partial charge >= 0.3 is 0 Å². The maximum atomic E-state index is 13.6. The zero-order chi connectivity index (χ0) is 17.9. The normalized spacial score (nSPS) is 15.3. The Hall–Kier alpha value is -2.76. The van der Waals surface area contributed by atoms with E-state index in [2.05, 4.69) is 15.0 Å². The molecule has 1 amide bonds. The first-order valence-electron chi connectivity index (χ1n) is 9.24. The van der Waals surface area contributed by atoms with Crippen molar-refractivity contribution < 1.29 is 4.79 Å². The van der Waals surface area contributed by atoms with Crippen LogP contribution >= 0.6 is 0 Å². The van der Waals surface area contributed by atoms with Crippen LogP contribution in [-0.2, 0) is 6.54 Å². The van der Waals surface area contributed by atoms with Crippen LogP contribution in [-0.4, -0.2) is 36.2 Å². The summed E-state index contributed by atoms with van der Waals surface area (Å²) in [6.45, 7) is 2.40. The van der Waals surface area contributed by atoms with Gasteiger partial charge in [-0.05, 0) is 38.0 Å². The molecule has 0 aliphatic heterocycles. The molecule has 6 heteroatoms. The van der Waals surface area contributed by atoms with Gasteiger partial charge < -0.3 is 4.90 Å². The Bertz CT molecular complexity index is 899. The Balaban J connectivity index is 1.72. The predicted octanol–water partition coefficient (Wildman–Crippen LogP) is 3.41. The first kappa shape index (κ1) is 16.7. The lowest BCUT2D eigenvalue weighted by atomic mass is 9.93. The van der Waals surface area contributed by atoms with Gasteiger partial charge in [0.05, 0.1) is 17.9 Å². The molecule has 3 heterocycles. The molecule has 0 spiro atoms. The summed E-state index contributed by atoms with van der Waals surface area (Å²) < 4.78 is 1.80. The molecule has 4 rings (SSSR count). The summed E-state index contributed by atoms with van der Waals surface area (Å²) >= 11 is 0. The minimum absolute atomic E-state index is 0.0144. The van der Waals surface area contributed by atoms with Crippen molar-refractivity contribution in [1.82, 2.24) is 24.3 Å². The van der Waals surface area contributed by atoms with Gasteiger partial charge in [0.25, 0.3) is 5.91 Å². The topological polar surface area (TPSA) is 63.4 Å². The van der Waals surface area contributed by atoms with E-state index in [0.717, 1.165) is 24.2 Å². The van der Waals surface area contributed by atoms with E-state index in [0.29, 0.717) is 18.0 Å². The Morgan fingerprint density at radius 1 is 1.15 bits per heavy atom. The number of imidazole rings is 1. The van der Waals surface area contributed by atoms with Crippen LogP contribution in [0.25, 0.3) is 5.78 Å². The number of carbonyl (C=O) groups excluding carboxylic acids is 1. The Morgan fingerprint density at radius 3 is 2.73 bits per heavy atom. The van der Waals surface area contributed by atoms with Gasteiger partial charge in [0.2, 0.25) is 5.78 Å². The fourth-order valence-corrected chi connectivity index (χ4v) is 3.82. The quantitative estimate of drug-likeness (QED) is 0.724. The third kappa shape index (κ3) is 3.19. The van der Waals surface area contributed by atoms with Crippen LogP contribution in [0, 0.1) is 6.92 Å². The number of carbonyl (C=O) groups is 1. The molecule has 0 bridgehead atoms. The summed E-state index contributed by atoms with van der Waals surface area (Å²) in [7, 11) is 0. The maximum Gasteiger partial charge on any atom is 0.273 e. The summed E-state index contributed by atoms with van der Waals surface area (Å²) in [6.07, 6.45) is 11.0. The van der Waals surface area contributed by atoms with Crippen LogP contribution in [0.2, 0.25) is 0 Å². The van der Waals surface area contributed by atoms with Crippen LogP contribution in [0.5, 0.6) is 0 Å². The van der Waals surface area contributed by atoms with Crippen molar-refractivity contribution in [1.29, 1.82) is 0 Å². The Labute approximate surface area is 152 Å². The summed E-state index contributed by atoms with van der Waals surface area (Å²) in [5.74, 6) is 0.579. The molecule has 6 nitrogen and oxygen atoms in total. The second-order valence-corrected chi connectivity index (χ2v) is 6.88. The second-order valence-electron chi connectivity index (χ2n) is 6.88. The van der Waals surface area contributed by atoms with Crippen molar-refractivity contribution in [3.8, 4) is 0 Å². The highest BCUT2D eigenvalue weighted by Crippen LogP contribution is 2.26. The molecule has 0 aromatic carbocycles. The van der Waals surface area contributed by atoms with Crippen molar-refractivity contribution in [3.63, 3.8) is 0 Å². The van der Waals surface area contributed by atoms with Gasteiger partial charge in [-0.25, -0.2) is 9.97 Å². The molecule has 0 unspecified atom stereocenters. The first-order chi connectivity index (χ1) is 12.7. The third-order valence-electron chi connectivity index (χ3n) is 5.12. The van der Waals surface area contributed by atoms with E-state index in [-0.39, 0.29) is 11.9 Å². The lowest BCUT2D eigenvalue weighted by molar-refractivity contribution is 0.0603. The highest BCUT2D eigenvalue weighted by molar-refractivity contribution is 5.94. The van der Waals surface area contributed by atoms with Gasteiger partial charge in [0, 0.05) is 24.6 Å². The Kier molecular flexibility index (Phi) is 4.65. The summed E-state index contributed by atoms with van der Waals surface area (Å²) in [6, 6.07) is 7.92. The number of fused-ring (bicyclic) bond motifs is 1. The number of hydrogen-bond acceptors (Lipinski definition) is 4. The lowest BCUT2D eigenvalue weighted by Crippen LogP contribution is -2.41. The van der Waals surface area contributed by atoms with Crippen LogP contribution in [0.15, 0.2) is 42.9 Å². The molecule has 26 heavy (non-hydrogen) atoms. The molecule has 3 aromatic heterocycles. The van der Waals surface area contributed by atoms with E-state index in [1.165, 1.54) is 19.3 Å². The molecule has 134 valence electrons. The van der Waals surface area contributed by atoms with E-state index >= 15 is 0 Å². The van der Waals surface area contributed by atoms with Gasteiger partial charge in [-0.2, -0.15) is 0 Å². The molecule has 0 N–H and O–H groups in total. The number of aryl methyl sites for hydroxylation is 1. The van der Waals surface area contributed by atoms with E-state index < -0.39 is 0 Å². The standard InChI is InChI=1S/C20H23N5O/c1-15-18(24-13-7-12-22-20(24)23-15)19(26)25(17-9-3-2-4-10-17)14-16-8-5-6-11-21-16/h5-8,11-13,17H,2-4,9-10,14H2,1H3. The van der Waals surface area contributed by atoms with Gasteiger partial charge in [-0.15, -0.1) is 0 Å².